The summed E-state index contributed by atoms with van der Waals surface area (Å²) in [6.07, 6.45) is 2.07. The van der Waals surface area contributed by atoms with Gasteiger partial charge in [-0.05, 0) is 13.1 Å². The molecule has 0 amide bonds. The molecule has 3 rings (SSSR count). The van der Waals surface area contributed by atoms with Gasteiger partial charge in [0.15, 0.2) is 0 Å². The van der Waals surface area contributed by atoms with Crippen LogP contribution >= 0.6 is 0 Å². The SMILES string of the molecule is CN1CCOCC1(CN)c1c[nH]c2ccccc12. The molecule has 0 aliphatic carbocycles. The summed E-state index contributed by atoms with van der Waals surface area (Å²) in [5.74, 6) is 0. The van der Waals surface area contributed by atoms with Crippen molar-refractivity contribution in [1.82, 2.24) is 9.88 Å². The van der Waals surface area contributed by atoms with E-state index in [4.69, 9.17) is 10.5 Å². The van der Waals surface area contributed by atoms with E-state index in [0.717, 1.165) is 18.7 Å². The molecule has 0 saturated carbocycles. The summed E-state index contributed by atoms with van der Waals surface area (Å²) in [7, 11) is 2.12. The molecule has 2 heterocycles. The number of aromatic amines is 1. The average Bonchev–Trinajstić information content (AvgIpc) is 2.84. The molecule has 1 aliphatic rings. The first-order valence-electron chi connectivity index (χ1n) is 6.33. The van der Waals surface area contributed by atoms with Crippen LogP contribution in [-0.4, -0.2) is 43.2 Å². The van der Waals surface area contributed by atoms with Gasteiger partial charge < -0.3 is 15.5 Å². The minimum Gasteiger partial charge on any atom is -0.378 e. The Hall–Kier alpha value is -1.36. The van der Waals surface area contributed by atoms with Crippen LogP contribution < -0.4 is 5.73 Å². The van der Waals surface area contributed by atoms with Crippen LogP contribution in [0.4, 0.5) is 0 Å². The van der Waals surface area contributed by atoms with Crippen molar-refractivity contribution in [1.29, 1.82) is 0 Å². The monoisotopic (exact) mass is 245 g/mol. The first kappa shape index (κ1) is 11.7. The molecule has 3 N–H and O–H groups in total. The lowest BCUT2D eigenvalue weighted by atomic mass is 9.88. The van der Waals surface area contributed by atoms with Gasteiger partial charge in [-0.25, -0.2) is 0 Å². The molecule has 0 radical (unpaired) electrons. The molecular weight excluding hydrogens is 226 g/mol. The third-order valence-electron chi connectivity index (χ3n) is 4.07. The number of nitrogens with zero attached hydrogens (tertiary/aromatic N) is 1. The van der Waals surface area contributed by atoms with Gasteiger partial charge in [-0.2, -0.15) is 0 Å². The van der Waals surface area contributed by atoms with Crippen LogP contribution in [0.25, 0.3) is 10.9 Å². The second-order valence-electron chi connectivity index (χ2n) is 4.96. The fourth-order valence-corrected chi connectivity index (χ4v) is 2.83. The minimum atomic E-state index is -0.210. The number of likely N-dealkylation sites (N-methyl/N-ethyl adjacent to an activating group) is 1. The fourth-order valence-electron chi connectivity index (χ4n) is 2.83. The number of hydrogen-bond acceptors (Lipinski definition) is 3. The Morgan fingerprint density at radius 3 is 3.06 bits per heavy atom. The number of H-pyrrole nitrogens is 1. The summed E-state index contributed by atoms with van der Waals surface area (Å²) in [6, 6.07) is 8.33. The van der Waals surface area contributed by atoms with Crippen LogP contribution in [-0.2, 0) is 10.3 Å². The Bertz CT molecular complexity index is 551. The van der Waals surface area contributed by atoms with E-state index in [2.05, 4.69) is 41.3 Å². The Labute approximate surface area is 107 Å². The normalized spacial score (nSPS) is 25.7. The number of nitrogens with one attached hydrogen (secondary N) is 1. The number of para-hydroxylation sites is 1. The van der Waals surface area contributed by atoms with E-state index < -0.39 is 0 Å². The number of aromatic nitrogens is 1. The number of fused-ring (bicyclic) bond motifs is 1. The zero-order valence-electron chi connectivity index (χ0n) is 10.6. The first-order chi connectivity index (χ1) is 8.78. The largest absolute Gasteiger partial charge is 0.378 e. The van der Waals surface area contributed by atoms with Gasteiger partial charge in [0.2, 0.25) is 0 Å². The smallest absolute Gasteiger partial charge is 0.0839 e. The van der Waals surface area contributed by atoms with Crippen LogP contribution in [0.1, 0.15) is 5.56 Å². The van der Waals surface area contributed by atoms with Gasteiger partial charge in [0.1, 0.15) is 0 Å². The first-order valence-corrected chi connectivity index (χ1v) is 6.33. The van der Waals surface area contributed by atoms with Crippen molar-refractivity contribution in [3.63, 3.8) is 0 Å². The predicted molar refractivity (Wildman–Crippen MR) is 72.5 cm³/mol. The standard InChI is InChI=1S/C14H19N3O/c1-17-6-7-18-10-14(17,9-15)12-8-16-13-5-3-2-4-11(12)13/h2-5,8,16H,6-7,9-10,15H2,1H3. The van der Waals surface area contributed by atoms with E-state index in [1.807, 2.05) is 6.07 Å². The van der Waals surface area contributed by atoms with Gasteiger partial charge in [-0.1, -0.05) is 18.2 Å². The minimum absolute atomic E-state index is 0.210. The summed E-state index contributed by atoms with van der Waals surface area (Å²) in [6.45, 7) is 2.91. The number of rotatable bonds is 2. The van der Waals surface area contributed by atoms with E-state index >= 15 is 0 Å². The summed E-state index contributed by atoms with van der Waals surface area (Å²) < 4.78 is 5.68. The second kappa shape index (κ2) is 4.39. The fraction of sp³-hybridized carbons (Fsp3) is 0.429. The zero-order valence-corrected chi connectivity index (χ0v) is 10.6. The van der Waals surface area contributed by atoms with E-state index in [0.29, 0.717) is 13.2 Å². The quantitative estimate of drug-likeness (QED) is 0.838. The molecule has 1 aromatic heterocycles. The summed E-state index contributed by atoms with van der Waals surface area (Å²) in [5, 5.41) is 1.24. The Morgan fingerprint density at radius 1 is 1.44 bits per heavy atom. The van der Waals surface area contributed by atoms with Gasteiger partial charge >= 0.3 is 0 Å². The molecular formula is C14H19N3O. The average molecular weight is 245 g/mol. The second-order valence-corrected chi connectivity index (χ2v) is 4.96. The Morgan fingerprint density at radius 2 is 2.28 bits per heavy atom. The van der Waals surface area contributed by atoms with Crippen LogP contribution in [0, 0.1) is 0 Å². The molecule has 1 fully saturated rings. The summed E-state index contributed by atoms with van der Waals surface area (Å²) in [5.41, 5.74) is 8.26. The molecule has 96 valence electrons. The number of hydrogen-bond donors (Lipinski definition) is 2. The van der Waals surface area contributed by atoms with E-state index in [1.54, 1.807) is 0 Å². The highest BCUT2D eigenvalue weighted by Gasteiger charge is 2.39. The molecule has 4 heteroatoms. The van der Waals surface area contributed by atoms with Crippen molar-refractivity contribution in [2.45, 2.75) is 5.54 Å². The van der Waals surface area contributed by atoms with Gasteiger partial charge in [-0.3, -0.25) is 4.90 Å². The molecule has 1 saturated heterocycles. The van der Waals surface area contributed by atoms with Crippen molar-refractivity contribution in [3.05, 3.63) is 36.0 Å². The number of ether oxygens (including phenoxy) is 1. The van der Waals surface area contributed by atoms with Gasteiger partial charge in [0, 0.05) is 35.8 Å². The molecule has 1 aliphatic heterocycles. The van der Waals surface area contributed by atoms with E-state index in [1.165, 1.54) is 10.9 Å². The maximum absolute atomic E-state index is 6.08. The Kier molecular flexibility index (Phi) is 2.86. The summed E-state index contributed by atoms with van der Waals surface area (Å²) >= 11 is 0. The van der Waals surface area contributed by atoms with Crippen molar-refractivity contribution in [2.75, 3.05) is 33.4 Å². The molecule has 1 atom stereocenters. The highest BCUT2D eigenvalue weighted by Crippen LogP contribution is 2.34. The maximum atomic E-state index is 6.08. The van der Waals surface area contributed by atoms with Gasteiger partial charge in [0.25, 0.3) is 0 Å². The van der Waals surface area contributed by atoms with Crippen molar-refractivity contribution < 1.29 is 4.74 Å². The van der Waals surface area contributed by atoms with Crippen molar-refractivity contribution in [3.8, 4) is 0 Å². The third kappa shape index (κ3) is 1.57. The van der Waals surface area contributed by atoms with E-state index in [9.17, 15) is 0 Å². The number of benzene rings is 1. The molecule has 1 aromatic carbocycles. The van der Waals surface area contributed by atoms with Crippen molar-refractivity contribution in [2.24, 2.45) is 5.73 Å². The van der Waals surface area contributed by atoms with Crippen molar-refractivity contribution >= 4 is 10.9 Å². The number of nitrogens with two attached hydrogens (primary N) is 1. The van der Waals surface area contributed by atoms with Gasteiger partial charge in [-0.15, -0.1) is 0 Å². The van der Waals surface area contributed by atoms with Gasteiger partial charge in [0.05, 0.1) is 18.8 Å². The maximum Gasteiger partial charge on any atom is 0.0839 e. The lowest BCUT2D eigenvalue weighted by Crippen LogP contribution is -2.56. The predicted octanol–water partition coefficient (Wildman–Crippen LogP) is 1.28. The van der Waals surface area contributed by atoms with Crippen LogP contribution in [0.15, 0.2) is 30.5 Å². The molecule has 0 bridgehead atoms. The molecule has 0 spiro atoms. The highest BCUT2D eigenvalue weighted by atomic mass is 16.5. The molecule has 1 unspecified atom stereocenters. The lowest BCUT2D eigenvalue weighted by molar-refractivity contribution is -0.0542. The number of morpholine rings is 1. The Balaban J connectivity index is 2.16. The van der Waals surface area contributed by atoms with Crippen LogP contribution in [0.2, 0.25) is 0 Å². The zero-order chi connectivity index (χ0) is 12.6. The van der Waals surface area contributed by atoms with E-state index in [-0.39, 0.29) is 5.54 Å². The molecule has 18 heavy (non-hydrogen) atoms. The van der Waals surface area contributed by atoms with Crippen LogP contribution in [0.3, 0.4) is 0 Å². The summed E-state index contributed by atoms with van der Waals surface area (Å²) in [4.78, 5) is 5.64. The lowest BCUT2D eigenvalue weighted by Gasteiger charge is -2.44. The molecule has 2 aromatic rings. The molecule has 4 nitrogen and oxygen atoms in total. The van der Waals surface area contributed by atoms with Crippen LogP contribution in [0.5, 0.6) is 0 Å². The topological polar surface area (TPSA) is 54.3 Å². The third-order valence-corrected chi connectivity index (χ3v) is 4.07. The highest BCUT2D eigenvalue weighted by molar-refractivity contribution is 5.84.